The van der Waals surface area contributed by atoms with Crippen molar-refractivity contribution in [1.82, 2.24) is 0 Å². The normalized spacial score (nSPS) is 14.7. The summed E-state index contributed by atoms with van der Waals surface area (Å²) >= 11 is 0. The lowest BCUT2D eigenvalue weighted by Gasteiger charge is -2.29. The first-order valence-corrected chi connectivity index (χ1v) is 5.60. The maximum Gasteiger partial charge on any atom is 0.313 e. The van der Waals surface area contributed by atoms with Crippen molar-refractivity contribution in [1.29, 1.82) is 0 Å². The van der Waals surface area contributed by atoms with E-state index in [-0.39, 0.29) is 12.5 Å². The number of carbonyl (C=O) groups is 1. The Hall–Kier alpha value is -0.640. The van der Waals surface area contributed by atoms with Crippen LogP contribution in [0.25, 0.3) is 0 Å². The third kappa shape index (κ3) is 4.16. The van der Waals surface area contributed by atoms with Crippen LogP contribution in [0.4, 0.5) is 4.39 Å². The van der Waals surface area contributed by atoms with Gasteiger partial charge in [0.2, 0.25) is 0 Å². The van der Waals surface area contributed by atoms with Gasteiger partial charge < -0.3 is 10.5 Å². The molecule has 90 valence electrons. The van der Waals surface area contributed by atoms with Crippen LogP contribution in [0, 0.1) is 5.41 Å². The van der Waals surface area contributed by atoms with E-state index < -0.39 is 12.1 Å². The van der Waals surface area contributed by atoms with Crippen LogP contribution in [0.15, 0.2) is 0 Å². The van der Waals surface area contributed by atoms with E-state index in [4.69, 9.17) is 10.5 Å². The van der Waals surface area contributed by atoms with E-state index in [1.54, 1.807) is 6.92 Å². The predicted octanol–water partition coefficient (Wildman–Crippen LogP) is 2.04. The molecule has 0 radical (unpaired) electrons. The molecule has 4 heteroatoms. The Balaban J connectivity index is 4.54. The highest BCUT2D eigenvalue weighted by atomic mass is 19.1. The molecule has 0 fully saturated rings. The van der Waals surface area contributed by atoms with Crippen molar-refractivity contribution < 1.29 is 13.9 Å². The summed E-state index contributed by atoms with van der Waals surface area (Å²) in [5.41, 5.74) is 4.97. The number of halogens is 1. The molecule has 2 N–H and O–H groups in total. The van der Waals surface area contributed by atoms with Gasteiger partial charge in [-0.25, -0.2) is 0 Å². The van der Waals surface area contributed by atoms with E-state index in [2.05, 4.69) is 0 Å². The molecule has 0 aromatic rings. The first-order chi connectivity index (χ1) is 7.16. The van der Waals surface area contributed by atoms with Gasteiger partial charge in [-0.15, -0.1) is 0 Å². The Bertz CT molecular complexity index is 187. The molecule has 1 atom stereocenters. The maximum absolute atomic E-state index is 12.2. The van der Waals surface area contributed by atoms with E-state index >= 15 is 0 Å². The second-order valence-electron chi connectivity index (χ2n) is 3.75. The third-order valence-corrected chi connectivity index (χ3v) is 2.62. The molecule has 15 heavy (non-hydrogen) atoms. The van der Waals surface area contributed by atoms with E-state index in [1.807, 2.05) is 6.92 Å². The van der Waals surface area contributed by atoms with Crippen LogP contribution < -0.4 is 5.73 Å². The molecule has 0 rings (SSSR count). The van der Waals surface area contributed by atoms with Gasteiger partial charge in [0.15, 0.2) is 0 Å². The lowest BCUT2D eigenvalue weighted by Crippen LogP contribution is -2.40. The highest BCUT2D eigenvalue weighted by Crippen LogP contribution is 2.30. The Kier molecular flexibility index (Phi) is 7.30. The van der Waals surface area contributed by atoms with Gasteiger partial charge in [-0.1, -0.05) is 13.3 Å². The van der Waals surface area contributed by atoms with Crippen molar-refractivity contribution in [2.45, 2.75) is 39.5 Å². The average Bonchev–Trinajstić information content (AvgIpc) is 2.24. The van der Waals surface area contributed by atoms with Gasteiger partial charge in [-0.2, -0.15) is 0 Å². The van der Waals surface area contributed by atoms with Crippen LogP contribution in [-0.4, -0.2) is 25.8 Å². The van der Waals surface area contributed by atoms with Gasteiger partial charge in [0, 0.05) is 6.54 Å². The first-order valence-electron chi connectivity index (χ1n) is 5.60. The summed E-state index contributed by atoms with van der Waals surface area (Å²) in [6.45, 7) is 3.92. The van der Waals surface area contributed by atoms with E-state index in [1.165, 1.54) is 0 Å². The number of rotatable bonds is 8. The topological polar surface area (TPSA) is 52.3 Å². The fourth-order valence-corrected chi connectivity index (χ4v) is 1.78. The minimum Gasteiger partial charge on any atom is -0.466 e. The summed E-state index contributed by atoms with van der Waals surface area (Å²) in [6, 6.07) is 0. The molecule has 0 heterocycles. The van der Waals surface area contributed by atoms with Crippen molar-refractivity contribution in [2.75, 3.05) is 19.8 Å². The number of alkyl halides is 1. The molecular formula is C11H22FNO2. The Morgan fingerprint density at radius 1 is 1.40 bits per heavy atom. The predicted molar refractivity (Wildman–Crippen MR) is 58.2 cm³/mol. The van der Waals surface area contributed by atoms with E-state index in [0.717, 1.165) is 6.42 Å². The Morgan fingerprint density at radius 3 is 2.47 bits per heavy atom. The summed E-state index contributed by atoms with van der Waals surface area (Å²) in [7, 11) is 0. The van der Waals surface area contributed by atoms with Gasteiger partial charge in [0.1, 0.15) is 0 Å². The largest absolute Gasteiger partial charge is 0.466 e. The fraction of sp³-hybridized carbons (Fsp3) is 0.909. The van der Waals surface area contributed by atoms with Gasteiger partial charge in [-0.3, -0.25) is 9.18 Å². The number of carbonyl (C=O) groups excluding carboxylic acids is 1. The first kappa shape index (κ1) is 14.4. The minimum absolute atomic E-state index is 0.236. The van der Waals surface area contributed by atoms with Crippen LogP contribution in [0.1, 0.15) is 39.5 Å². The number of hydrogen-bond acceptors (Lipinski definition) is 3. The number of ether oxygens (including phenoxy) is 1. The zero-order valence-electron chi connectivity index (χ0n) is 9.72. The lowest BCUT2D eigenvalue weighted by atomic mass is 9.79. The van der Waals surface area contributed by atoms with Gasteiger partial charge in [0.05, 0.1) is 18.7 Å². The number of nitrogens with two attached hydrogens (primary N) is 1. The molecule has 1 unspecified atom stereocenters. The Labute approximate surface area is 91.2 Å². The van der Waals surface area contributed by atoms with Crippen molar-refractivity contribution in [3.63, 3.8) is 0 Å². The molecule has 0 saturated carbocycles. The second kappa shape index (κ2) is 7.63. The number of esters is 1. The van der Waals surface area contributed by atoms with Gasteiger partial charge in [0.25, 0.3) is 0 Å². The van der Waals surface area contributed by atoms with Crippen LogP contribution in [0.3, 0.4) is 0 Å². The maximum atomic E-state index is 12.2. The van der Waals surface area contributed by atoms with Crippen LogP contribution in [0.2, 0.25) is 0 Å². The smallest absolute Gasteiger partial charge is 0.313 e. The SMILES string of the molecule is CCCC(CN)(CCCF)C(=O)OCC. The van der Waals surface area contributed by atoms with E-state index in [9.17, 15) is 9.18 Å². The average molecular weight is 219 g/mol. The molecule has 0 saturated heterocycles. The van der Waals surface area contributed by atoms with Crippen LogP contribution in [-0.2, 0) is 9.53 Å². The third-order valence-electron chi connectivity index (χ3n) is 2.62. The molecule has 0 amide bonds. The highest BCUT2D eigenvalue weighted by molar-refractivity contribution is 5.77. The molecule has 3 nitrogen and oxygen atoms in total. The lowest BCUT2D eigenvalue weighted by molar-refractivity contribution is -0.156. The standard InChI is InChI=1S/C11H22FNO2/c1-3-6-11(9-13,7-5-8-12)10(14)15-4-2/h3-9,13H2,1-2H3. The van der Waals surface area contributed by atoms with Crippen molar-refractivity contribution in [3.8, 4) is 0 Å². The zero-order chi connectivity index (χ0) is 11.7. The molecule has 0 spiro atoms. The second-order valence-corrected chi connectivity index (χ2v) is 3.75. The molecule has 0 aliphatic rings. The summed E-state index contributed by atoms with van der Waals surface area (Å²) in [5.74, 6) is -0.275. The fourth-order valence-electron chi connectivity index (χ4n) is 1.78. The van der Waals surface area contributed by atoms with Gasteiger partial charge >= 0.3 is 5.97 Å². The Morgan fingerprint density at radius 2 is 2.07 bits per heavy atom. The van der Waals surface area contributed by atoms with Crippen molar-refractivity contribution in [2.24, 2.45) is 11.1 Å². The summed E-state index contributed by atoms with van der Waals surface area (Å²) in [4.78, 5) is 11.8. The molecule has 0 aromatic carbocycles. The monoisotopic (exact) mass is 219 g/mol. The summed E-state index contributed by atoms with van der Waals surface area (Å²) in [6.07, 6.45) is 2.37. The molecule has 0 aromatic heterocycles. The van der Waals surface area contributed by atoms with Crippen molar-refractivity contribution >= 4 is 5.97 Å². The molecule has 0 aliphatic carbocycles. The number of hydrogen-bond donors (Lipinski definition) is 1. The van der Waals surface area contributed by atoms with E-state index in [0.29, 0.717) is 25.9 Å². The zero-order valence-corrected chi connectivity index (χ0v) is 9.72. The van der Waals surface area contributed by atoms with Crippen LogP contribution in [0.5, 0.6) is 0 Å². The molecule has 0 aliphatic heterocycles. The quantitative estimate of drug-likeness (QED) is 0.636. The minimum atomic E-state index is -0.670. The summed E-state index contributed by atoms with van der Waals surface area (Å²) < 4.78 is 17.2. The van der Waals surface area contributed by atoms with Crippen LogP contribution >= 0.6 is 0 Å². The van der Waals surface area contributed by atoms with Crippen molar-refractivity contribution in [3.05, 3.63) is 0 Å². The highest BCUT2D eigenvalue weighted by Gasteiger charge is 2.37. The summed E-state index contributed by atoms with van der Waals surface area (Å²) in [5, 5.41) is 0. The molecule has 0 bridgehead atoms. The van der Waals surface area contributed by atoms with Gasteiger partial charge in [-0.05, 0) is 26.2 Å². The molecular weight excluding hydrogens is 197 g/mol.